The van der Waals surface area contributed by atoms with Gasteiger partial charge in [-0.2, -0.15) is 0 Å². The van der Waals surface area contributed by atoms with Gasteiger partial charge in [0.05, 0.1) is 6.54 Å². The Labute approximate surface area is 164 Å². The van der Waals surface area contributed by atoms with Gasteiger partial charge in [0, 0.05) is 30.1 Å². The summed E-state index contributed by atoms with van der Waals surface area (Å²) in [5.74, 6) is 0.503. The van der Waals surface area contributed by atoms with Crippen LogP contribution in [0.2, 0.25) is 0 Å². The fourth-order valence-electron chi connectivity index (χ4n) is 2.27. The first-order valence-electron chi connectivity index (χ1n) is 7.53. The van der Waals surface area contributed by atoms with Gasteiger partial charge in [0.15, 0.2) is 5.96 Å². The molecule has 0 aliphatic carbocycles. The second-order valence-corrected chi connectivity index (χ2v) is 7.33. The summed E-state index contributed by atoms with van der Waals surface area (Å²) in [5.41, 5.74) is 0.347. The minimum Gasteiger partial charge on any atom is -0.356 e. The maximum absolute atomic E-state index is 14.0. The first-order chi connectivity index (χ1) is 10.9. The summed E-state index contributed by atoms with van der Waals surface area (Å²) in [6.45, 7) is 7.25. The van der Waals surface area contributed by atoms with Gasteiger partial charge < -0.3 is 10.6 Å². The van der Waals surface area contributed by atoms with E-state index in [1.807, 2.05) is 39.1 Å². The topological polar surface area (TPSA) is 49.3 Å². The number of hydrogen-bond donors (Lipinski definition) is 2. The number of nitrogens with zero attached hydrogens (tertiary/aromatic N) is 2. The molecule has 1 aromatic heterocycles. The SMILES string of the molecule is CN=C(NCc1ncc(C)s1)NCC(C)(C)c1ccccc1F.I. The molecule has 0 aliphatic rings. The van der Waals surface area contributed by atoms with Crippen LogP contribution in [0.1, 0.15) is 29.3 Å². The zero-order valence-corrected chi connectivity index (χ0v) is 17.5. The third-order valence-electron chi connectivity index (χ3n) is 3.60. The van der Waals surface area contributed by atoms with Gasteiger partial charge in [0.25, 0.3) is 0 Å². The number of guanidine groups is 1. The summed E-state index contributed by atoms with van der Waals surface area (Å²) in [6, 6.07) is 6.89. The molecule has 0 unspecified atom stereocenters. The molecule has 2 aromatic rings. The Morgan fingerprint density at radius 3 is 2.58 bits per heavy atom. The normalized spacial score (nSPS) is 11.8. The van der Waals surface area contributed by atoms with Crippen molar-refractivity contribution in [3.8, 4) is 0 Å². The van der Waals surface area contributed by atoms with E-state index >= 15 is 0 Å². The molecule has 0 atom stereocenters. The number of hydrogen-bond acceptors (Lipinski definition) is 3. The molecule has 1 heterocycles. The van der Waals surface area contributed by atoms with Gasteiger partial charge in [0.1, 0.15) is 10.8 Å². The fourth-order valence-corrected chi connectivity index (χ4v) is 3.00. The van der Waals surface area contributed by atoms with Crippen molar-refractivity contribution in [3.63, 3.8) is 0 Å². The van der Waals surface area contributed by atoms with Crippen molar-refractivity contribution in [2.75, 3.05) is 13.6 Å². The lowest BCUT2D eigenvalue weighted by Crippen LogP contribution is -2.43. The highest BCUT2D eigenvalue weighted by Gasteiger charge is 2.24. The standard InChI is InChI=1S/C17H23FN4S.HI/c1-12-9-20-15(23-12)10-21-16(19-4)22-11-17(2,3)13-7-5-6-8-14(13)18;/h5-9H,10-11H2,1-4H3,(H2,19,21,22);1H. The zero-order chi connectivity index (χ0) is 16.9. The number of thiazole rings is 1. The third kappa shape index (κ3) is 5.70. The summed E-state index contributed by atoms with van der Waals surface area (Å²) in [5, 5.41) is 7.51. The molecule has 4 nitrogen and oxygen atoms in total. The summed E-state index contributed by atoms with van der Waals surface area (Å²) >= 11 is 1.66. The van der Waals surface area contributed by atoms with Crippen molar-refractivity contribution < 1.29 is 4.39 Å². The number of nitrogens with one attached hydrogen (secondary N) is 2. The number of aryl methyl sites for hydroxylation is 1. The van der Waals surface area contributed by atoms with Crippen LogP contribution >= 0.6 is 35.3 Å². The molecule has 0 spiro atoms. The second-order valence-electron chi connectivity index (χ2n) is 6.01. The molecule has 0 bridgehead atoms. The van der Waals surface area contributed by atoms with Crippen molar-refractivity contribution in [2.24, 2.45) is 4.99 Å². The van der Waals surface area contributed by atoms with Crippen LogP contribution in [-0.4, -0.2) is 24.5 Å². The van der Waals surface area contributed by atoms with Crippen LogP contribution in [0.3, 0.4) is 0 Å². The van der Waals surface area contributed by atoms with Gasteiger partial charge >= 0.3 is 0 Å². The van der Waals surface area contributed by atoms with Crippen molar-refractivity contribution in [3.05, 3.63) is 51.7 Å². The molecule has 0 radical (unpaired) electrons. The van der Waals surface area contributed by atoms with E-state index in [2.05, 4.69) is 20.6 Å². The average molecular weight is 462 g/mol. The minimum atomic E-state index is -0.346. The Morgan fingerprint density at radius 2 is 2.00 bits per heavy atom. The molecule has 2 N–H and O–H groups in total. The van der Waals surface area contributed by atoms with Crippen LogP contribution in [0.5, 0.6) is 0 Å². The van der Waals surface area contributed by atoms with E-state index in [-0.39, 0.29) is 35.2 Å². The summed E-state index contributed by atoms with van der Waals surface area (Å²) in [7, 11) is 1.72. The van der Waals surface area contributed by atoms with Crippen LogP contribution in [-0.2, 0) is 12.0 Å². The van der Waals surface area contributed by atoms with E-state index in [1.54, 1.807) is 24.5 Å². The smallest absolute Gasteiger partial charge is 0.191 e. The van der Waals surface area contributed by atoms with Gasteiger partial charge in [-0.3, -0.25) is 4.99 Å². The van der Waals surface area contributed by atoms with Crippen molar-refractivity contribution >= 4 is 41.3 Å². The first kappa shape index (κ1) is 20.8. The van der Waals surface area contributed by atoms with Gasteiger partial charge in [0.2, 0.25) is 0 Å². The first-order valence-corrected chi connectivity index (χ1v) is 8.35. The molecule has 0 saturated carbocycles. The molecular weight excluding hydrogens is 438 g/mol. The predicted molar refractivity (Wildman–Crippen MR) is 110 cm³/mol. The number of halogens is 2. The van der Waals surface area contributed by atoms with Crippen molar-refractivity contribution in [1.82, 2.24) is 15.6 Å². The number of aromatic nitrogens is 1. The summed E-state index contributed by atoms with van der Waals surface area (Å²) in [6.07, 6.45) is 1.86. The molecular formula is C17H24FIN4S. The predicted octanol–water partition coefficient (Wildman–Crippen LogP) is 3.85. The highest BCUT2D eigenvalue weighted by Crippen LogP contribution is 2.24. The molecule has 132 valence electrons. The largest absolute Gasteiger partial charge is 0.356 e. The highest BCUT2D eigenvalue weighted by atomic mass is 127. The van der Waals surface area contributed by atoms with E-state index < -0.39 is 0 Å². The molecule has 24 heavy (non-hydrogen) atoms. The highest BCUT2D eigenvalue weighted by molar-refractivity contribution is 14.0. The molecule has 1 aromatic carbocycles. The van der Waals surface area contributed by atoms with E-state index in [0.29, 0.717) is 24.6 Å². The second kappa shape index (κ2) is 9.31. The number of benzene rings is 1. The van der Waals surface area contributed by atoms with Crippen LogP contribution in [0.4, 0.5) is 4.39 Å². The van der Waals surface area contributed by atoms with E-state index in [0.717, 1.165) is 5.01 Å². The monoisotopic (exact) mass is 462 g/mol. The van der Waals surface area contributed by atoms with E-state index in [1.165, 1.54) is 10.9 Å². The Balaban J connectivity index is 0.00000288. The lowest BCUT2D eigenvalue weighted by atomic mass is 9.84. The Morgan fingerprint density at radius 1 is 1.29 bits per heavy atom. The van der Waals surface area contributed by atoms with Gasteiger partial charge in [-0.05, 0) is 18.6 Å². The number of rotatable bonds is 5. The molecule has 0 saturated heterocycles. The van der Waals surface area contributed by atoms with Gasteiger partial charge in [-0.15, -0.1) is 35.3 Å². The molecule has 0 fully saturated rings. The average Bonchev–Trinajstić information content (AvgIpc) is 2.93. The maximum Gasteiger partial charge on any atom is 0.191 e. The molecule has 2 rings (SSSR count). The van der Waals surface area contributed by atoms with Crippen molar-refractivity contribution in [2.45, 2.75) is 32.7 Å². The van der Waals surface area contributed by atoms with Crippen molar-refractivity contribution in [1.29, 1.82) is 0 Å². The Hall–Kier alpha value is -1.22. The summed E-state index contributed by atoms with van der Waals surface area (Å²) < 4.78 is 14.0. The Kier molecular flexibility index (Phi) is 8.08. The van der Waals surface area contributed by atoms with Crippen LogP contribution in [0.15, 0.2) is 35.5 Å². The Bertz CT molecular complexity index is 685. The minimum absolute atomic E-state index is 0. The molecule has 0 amide bonds. The third-order valence-corrected chi connectivity index (χ3v) is 4.51. The molecule has 0 aliphatic heterocycles. The van der Waals surface area contributed by atoms with Gasteiger partial charge in [-0.1, -0.05) is 32.0 Å². The van der Waals surface area contributed by atoms with Gasteiger partial charge in [-0.25, -0.2) is 9.37 Å². The summed E-state index contributed by atoms with van der Waals surface area (Å²) in [4.78, 5) is 9.71. The quantitative estimate of drug-likeness (QED) is 0.403. The van der Waals surface area contributed by atoms with E-state index in [4.69, 9.17) is 0 Å². The van der Waals surface area contributed by atoms with E-state index in [9.17, 15) is 4.39 Å². The number of aliphatic imine (C=N–C) groups is 1. The fraction of sp³-hybridized carbons (Fsp3) is 0.412. The van der Waals surface area contributed by atoms with Crippen LogP contribution < -0.4 is 10.6 Å². The lowest BCUT2D eigenvalue weighted by Gasteiger charge is -2.27. The lowest BCUT2D eigenvalue weighted by molar-refractivity contribution is 0.473. The zero-order valence-electron chi connectivity index (χ0n) is 14.4. The van der Waals surface area contributed by atoms with Crippen LogP contribution in [0, 0.1) is 12.7 Å². The van der Waals surface area contributed by atoms with Crippen LogP contribution in [0.25, 0.3) is 0 Å². The molecule has 7 heteroatoms. The maximum atomic E-state index is 14.0.